The minimum atomic E-state index is -1.27. The van der Waals surface area contributed by atoms with Gasteiger partial charge in [-0.05, 0) is 31.0 Å². The Balaban J connectivity index is 3.21. The second-order valence-electron chi connectivity index (χ2n) is 8.25. The molecule has 1 aromatic rings. The second-order valence-corrected chi connectivity index (χ2v) is 8.25. The van der Waals surface area contributed by atoms with Crippen molar-refractivity contribution in [1.29, 1.82) is 0 Å². The highest BCUT2D eigenvalue weighted by molar-refractivity contribution is 5.73. The van der Waals surface area contributed by atoms with Crippen LogP contribution in [0.4, 0.5) is 0 Å². The number of aliphatic carboxylic acids is 5. The number of hydrogen-bond donors (Lipinski definition) is 5. The van der Waals surface area contributed by atoms with Crippen molar-refractivity contribution >= 4 is 29.8 Å². The van der Waals surface area contributed by atoms with Crippen LogP contribution >= 0.6 is 0 Å². The van der Waals surface area contributed by atoms with Crippen LogP contribution in [0.1, 0.15) is 12.5 Å². The summed E-state index contributed by atoms with van der Waals surface area (Å²) in [6.07, 6.45) is 0.178. The molecule has 0 bridgehead atoms. The van der Waals surface area contributed by atoms with E-state index in [4.69, 9.17) is 14.9 Å². The second kappa shape index (κ2) is 16.1. The average Bonchev–Trinajstić information content (AvgIpc) is 2.76. The lowest BCUT2D eigenvalue weighted by molar-refractivity contribution is -0.144. The van der Waals surface area contributed by atoms with Crippen LogP contribution in [-0.2, 0) is 30.4 Å². The first kappa shape index (κ1) is 31.3. The molecule has 1 rings (SSSR count). The summed E-state index contributed by atoms with van der Waals surface area (Å²) in [5, 5.41) is 46.2. The summed E-state index contributed by atoms with van der Waals surface area (Å²) in [6.45, 7) is -0.837. The summed E-state index contributed by atoms with van der Waals surface area (Å²) in [7, 11) is 0. The molecule has 0 fully saturated rings. The van der Waals surface area contributed by atoms with E-state index in [-0.39, 0.29) is 26.1 Å². The molecule has 0 aliphatic rings. The van der Waals surface area contributed by atoms with Crippen LogP contribution in [-0.4, -0.2) is 135 Å². The van der Waals surface area contributed by atoms with E-state index in [2.05, 4.69) is 0 Å². The first-order valence-corrected chi connectivity index (χ1v) is 11.4. The van der Waals surface area contributed by atoms with E-state index >= 15 is 0 Å². The van der Waals surface area contributed by atoms with Crippen LogP contribution in [0.15, 0.2) is 24.3 Å². The van der Waals surface area contributed by atoms with Gasteiger partial charge < -0.3 is 30.3 Å². The quantitative estimate of drug-likeness (QED) is 0.143. The van der Waals surface area contributed by atoms with Crippen molar-refractivity contribution in [2.24, 2.45) is 0 Å². The molecule has 5 N–H and O–H groups in total. The number of benzene rings is 1. The Morgan fingerprint density at radius 3 is 1.57 bits per heavy atom. The molecule has 1 atom stereocenters. The van der Waals surface area contributed by atoms with Crippen molar-refractivity contribution in [3.63, 3.8) is 0 Å². The van der Waals surface area contributed by atoms with Crippen molar-refractivity contribution in [3.8, 4) is 5.75 Å². The molecule has 206 valence electrons. The van der Waals surface area contributed by atoms with Gasteiger partial charge in [0.15, 0.2) is 0 Å². The summed E-state index contributed by atoms with van der Waals surface area (Å²) < 4.78 is 5.41. The van der Waals surface area contributed by atoms with Crippen molar-refractivity contribution in [3.05, 3.63) is 29.8 Å². The normalized spacial score (nSPS) is 12.0. The van der Waals surface area contributed by atoms with E-state index in [1.807, 2.05) is 6.92 Å². The molecular weight excluding hydrogens is 494 g/mol. The van der Waals surface area contributed by atoms with Crippen LogP contribution in [0.5, 0.6) is 5.75 Å². The lowest BCUT2D eigenvalue weighted by Crippen LogP contribution is -2.51. The molecule has 0 aliphatic carbocycles. The zero-order chi connectivity index (χ0) is 28.0. The third-order valence-corrected chi connectivity index (χ3v) is 5.18. The van der Waals surface area contributed by atoms with Crippen molar-refractivity contribution < 1.29 is 54.2 Å². The van der Waals surface area contributed by atoms with Crippen molar-refractivity contribution in [2.45, 2.75) is 19.4 Å². The Labute approximate surface area is 213 Å². The lowest BCUT2D eigenvalue weighted by atomic mass is 10.0. The number of hydrogen-bond acceptors (Lipinski definition) is 9. The third kappa shape index (κ3) is 13.8. The standard InChI is InChI=1S/C23H33N3O11/c1-2-37-18-5-3-16(4-6-18)9-17(26(14-22(33)34)15-23(35)36)10-24(11-19(27)28)7-8-25(12-20(29)30)13-21(31)32/h3-6,17H,2,7-15H2,1H3,(H,27,28)(H,29,30)(H,31,32)(H,33,34)(H,35,36)/t17-/m1/s1. The largest absolute Gasteiger partial charge is 0.494 e. The van der Waals surface area contributed by atoms with Crippen LogP contribution in [0.2, 0.25) is 0 Å². The molecule has 14 heteroatoms. The maximum atomic E-state index is 11.5. The van der Waals surface area contributed by atoms with E-state index in [1.165, 1.54) is 9.80 Å². The van der Waals surface area contributed by atoms with Gasteiger partial charge in [-0.1, -0.05) is 12.1 Å². The van der Waals surface area contributed by atoms with E-state index in [1.54, 1.807) is 24.3 Å². The summed E-state index contributed by atoms with van der Waals surface area (Å²) in [6, 6.07) is 6.14. The van der Waals surface area contributed by atoms with Crippen molar-refractivity contribution in [1.82, 2.24) is 14.7 Å². The SMILES string of the molecule is CCOc1ccc(C[C@H](CN(CCN(CC(=O)O)CC(=O)O)CC(=O)O)N(CC(=O)O)CC(=O)O)cc1. The van der Waals surface area contributed by atoms with Gasteiger partial charge in [0.05, 0.1) is 39.3 Å². The lowest BCUT2D eigenvalue weighted by Gasteiger charge is -2.34. The van der Waals surface area contributed by atoms with Gasteiger partial charge in [0.2, 0.25) is 0 Å². The number of carbonyl (C=O) groups is 5. The maximum Gasteiger partial charge on any atom is 0.317 e. The summed E-state index contributed by atoms with van der Waals surface area (Å²) in [5.41, 5.74) is 0.725. The Hall–Kier alpha value is -3.75. The fourth-order valence-corrected chi connectivity index (χ4v) is 3.73. The smallest absolute Gasteiger partial charge is 0.317 e. The summed E-state index contributed by atoms with van der Waals surface area (Å²) >= 11 is 0. The van der Waals surface area contributed by atoms with Gasteiger partial charge in [0.1, 0.15) is 5.75 Å². The Bertz CT molecular complexity index is 891. The Kier molecular flexibility index (Phi) is 13.6. The number of rotatable bonds is 20. The topological polar surface area (TPSA) is 205 Å². The minimum absolute atomic E-state index is 0.0549. The molecule has 0 unspecified atom stereocenters. The molecule has 0 spiro atoms. The third-order valence-electron chi connectivity index (χ3n) is 5.18. The molecule has 0 amide bonds. The molecule has 0 heterocycles. The van der Waals surface area contributed by atoms with Crippen LogP contribution in [0, 0.1) is 0 Å². The maximum absolute atomic E-state index is 11.5. The Morgan fingerprint density at radius 2 is 1.14 bits per heavy atom. The van der Waals surface area contributed by atoms with E-state index in [0.717, 1.165) is 10.5 Å². The number of carboxylic acids is 5. The highest BCUT2D eigenvalue weighted by Crippen LogP contribution is 2.16. The van der Waals surface area contributed by atoms with Crippen molar-refractivity contribution in [2.75, 3.05) is 59.0 Å². The molecule has 0 aromatic heterocycles. The fraction of sp³-hybridized carbons (Fsp3) is 0.522. The summed E-state index contributed by atoms with van der Waals surface area (Å²) in [4.78, 5) is 60.4. The minimum Gasteiger partial charge on any atom is -0.494 e. The van der Waals surface area contributed by atoms with Gasteiger partial charge in [0.25, 0.3) is 0 Å². The van der Waals surface area contributed by atoms with Gasteiger partial charge in [0, 0.05) is 25.7 Å². The monoisotopic (exact) mass is 527 g/mol. The van der Waals surface area contributed by atoms with Gasteiger partial charge in [-0.15, -0.1) is 0 Å². The van der Waals surface area contributed by atoms with Gasteiger partial charge in [-0.25, -0.2) is 0 Å². The predicted octanol–water partition coefficient (Wildman–Crippen LogP) is -0.675. The number of ether oxygens (including phenoxy) is 1. The van der Waals surface area contributed by atoms with Crippen LogP contribution in [0.3, 0.4) is 0 Å². The molecule has 14 nitrogen and oxygen atoms in total. The molecule has 0 radical (unpaired) electrons. The zero-order valence-electron chi connectivity index (χ0n) is 20.5. The molecular formula is C23H33N3O11. The molecule has 0 saturated carbocycles. The average molecular weight is 528 g/mol. The van der Waals surface area contributed by atoms with E-state index in [9.17, 15) is 39.3 Å². The van der Waals surface area contributed by atoms with Gasteiger partial charge in [-0.3, -0.25) is 38.7 Å². The summed E-state index contributed by atoms with van der Waals surface area (Å²) in [5.74, 6) is -5.65. The van der Waals surface area contributed by atoms with E-state index < -0.39 is 68.6 Å². The molecule has 0 saturated heterocycles. The first-order valence-electron chi connectivity index (χ1n) is 11.4. The highest BCUT2D eigenvalue weighted by Gasteiger charge is 2.27. The number of carboxylic acid groups (broad SMARTS) is 5. The molecule has 1 aromatic carbocycles. The molecule has 37 heavy (non-hydrogen) atoms. The molecule has 0 aliphatic heterocycles. The zero-order valence-corrected chi connectivity index (χ0v) is 20.5. The highest BCUT2D eigenvalue weighted by atomic mass is 16.5. The predicted molar refractivity (Wildman–Crippen MR) is 128 cm³/mol. The van der Waals surface area contributed by atoms with E-state index in [0.29, 0.717) is 12.4 Å². The van der Waals surface area contributed by atoms with Gasteiger partial charge >= 0.3 is 29.8 Å². The first-order chi connectivity index (χ1) is 17.4. The van der Waals surface area contributed by atoms with Crippen LogP contribution in [0.25, 0.3) is 0 Å². The number of nitrogens with zero attached hydrogens (tertiary/aromatic N) is 3. The van der Waals surface area contributed by atoms with Crippen LogP contribution < -0.4 is 4.74 Å². The van der Waals surface area contributed by atoms with Gasteiger partial charge in [-0.2, -0.15) is 0 Å². The Morgan fingerprint density at radius 1 is 0.703 bits per heavy atom. The fourth-order valence-electron chi connectivity index (χ4n) is 3.73.